The molecule has 2 aromatic heterocycles. The molecule has 2 aliphatic heterocycles. The molecule has 116 valence electrons. The lowest BCUT2D eigenvalue weighted by Crippen LogP contribution is -2.50. The summed E-state index contributed by atoms with van der Waals surface area (Å²) in [5.74, 6) is 0. The molecule has 4 nitrogen and oxygen atoms in total. The lowest BCUT2D eigenvalue weighted by Gasteiger charge is -2.31. The van der Waals surface area contributed by atoms with E-state index in [-0.39, 0.29) is 0 Å². The number of aromatic nitrogens is 3. The first-order valence-electron chi connectivity index (χ1n) is 6.84. The van der Waals surface area contributed by atoms with Crippen LogP contribution in [0.2, 0.25) is 0 Å². The Morgan fingerprint density at radius 2 is 1.87 bits per heavy atom. The van der Waals surface area contributed by atoms with Crippen molar-refractivity contribution in [1.82, 2.24) is 14.4 Å². The number of nitrogens with zero attached hydrogens (tertiary/aromatic N) is 4. The standard InChI is InChI=1S/C14H9BBr2F2N4/c1-8-14(21-7-6-20-8)13-9-2-4-11(16)22(9)15(18,19)23-10(13)3-5-12(23)17/h2-7H,1H3. The third kappa shape index (κ3) is 1.96. The van der Waals surface area contributed by atoms with Crippen molar-refractivity contribution in [3.8, 4) is 0 Å². The van der Waals surface area contributed by atoms with Crippen LogP contribution in [0.1, 0.15) is 17.1 Å². The minimum Gasteiger partial charge on any atom is -0.389 e. The van der Waals surface area contributed by atoms with Gasteiger partial charge in [0.2, 0.25) is 4.62 Å². The van der Waals surface area contributed by atoms with Gasteiger partial charge >= 0.3 is 6.97 Å². The average Bonchev–Trinajstić information content (AvgIpc) is 3.06. The van der Waals surface area contributed by atoms with E-state index >= 15 is 8.63 Å². The van der Waals surface area contributed by atoms with Crippen molar-refractivity contribution in [2.45, 2.75) is 6.92 Å². The van der Waals surface area contributed by atoms with Crippen molar-refractivity contribution in [2.24, 2.45) is 0 Å². The molecule has 23 heavy (non-hydrogen) atoms. The highest BCUT2D eigenvalue weighted by Gasteiger charge is 2.54. The molecule has 0 saturated heterocycles. The number of halogens is 4. The molecule has 0 unspecified atom stereocenters. The third-order valence-corrected chi connectivity index (χ3v) is 5.28. The van der Waals surface area contributed by atoms with Gasteiger partial charge in [0.1, 0.15) is 0 Å². The highest BCUT2D eigenvalue weighted by Crippen LogP contribution is 2.41. The van der Waals surface area contributed by atoms with Crippen LogP contribution in [0.3, 0.4) is 0 Å². The van der Waals surface area contributed by atoms with Crippen LogP contribution in [-0.2, 0) is 0 Å². The second-order valence-electron chi connectivity index (χ2n) is 5.28. The van der Waals surface area contributed by atoms with E-state index in [1.165, 1.54) is 0 Å². The number of hydrogen-bond acceptors (Lipinski definition) is 2. The van der Waals surface area contributed by atoms with Gasteiger partial charge in [0, 0.05) is 46.2 Å². The highest BCUT2D eigenvalue weighted by molar-refractivity contribution is 9.18. The van der Waals surface area contributed by atoms with Crippen molar-refractivity contribution >= 4 is 49.0 Å². The minimum absolute atomic E-state index is 0.322. The summed E-state index contributed by atoms with van der Waals surface area (Å²) >= 11 is 6.46. The molecule has 0 radical (unpaired) electrons. The number of aryl methyl sites for hydroxylation is 1. The summed E-state index contributed by atoms with van der Waals surface area (Å²) in [5, 5.41) is 0. The Bertz CT molecular complexity index is 946. The molecule has 0 aliphatic carbocycles. The van der Waals surface area contributed by atoms with E-state index in [1.807, 2.05) is 6.92 Å². The van der Waals surface area contributed by atoms with Crippen molar-refractivity contribution in [1.29, 1.82) is 0 Å². The molecule has 9 heteroatoms. The van der Waals surface area contributed by atoms with E-state index in [2.05, 4.69) is 41.8 Å². The van der Waals surface area contributed by atoms with Crippen LogP contribution in [0, 0.1) is 6.92 Å². The predicted molar refractivity (Wildman–Crippen MR) is 91.6 cm³/mol. The summed E-state index contributed by atoms with van der Waals surface area (Å²) in [7, 11) is 0. The predicted octanol–water partition coefficient (Wildman–Crippen LogP) is 3.72. The molecule has 0 atom stereocenters. The molecular formula is C14H9BBr2F2N4. The quantitative estimate of drug-likeness (QED) is 0.632. The summed E-state index contributed by atoms with van der Waals surface area (Å²) in [6.45, 7) is -2.19. The zero-order chi connectivity index (χ0) is 16.4. The van der Waals surface area contributed by atoms with Gasteiger partial charge in [0.25, 0.3) is 0 Å². The van der Waals surface area contributed by atoms with Gasteiger partial charge in [-0.15, -0.1) is 0 Å². The molecule has 2 aliphatic rings. The first-order valence-corrected chi connectivity index (χ1v) is 8.43. The van der Waals surface area contributed by atoms with E-state index in [4.69, 9.17) is 0 Å². The summed E-state index contributed by atoms with van der Waals surface area (Å²) in [4.78, 5) is 8.61. The Hall–Kier alpha value is -1.61. The summed E-state index contributed by atoms with van der Waals surface area (Å²) in [5.41, 5.74) is 2.76. The van der Waals surface area contributed by atoms with Crippen LogP contribution in [0.25, 0.3) is 5.57 Å². The maximum Gasteiger partial charge on any atom is 0.738 e. The van der Waals surface area contributed by atoms with Gasteiger partial charge in [-0.1, -0.05) is 0 Å². The number of allylic oxidation sites excluding steroid dienone is 2. The average molecular weight is 442 g/mol. The van der Waals surface area contributed by atoms with Gasteiger partial charge in [-0.2, -0.15) is 0 Å². The fourth-order valence-corrected chi connectivity index (χ4v) is 4.17. The topological polar surface area (TPSA) is 33.7 Å². The van der Waals surface area contributed by atoms with Crippen LogP contribution in [-0.4, -0.2) is 30.5 Å². The largest absolute Gasteiger partial charge is 0.738 e. The lowest BCUT2D eigenvalue weighted by atomic mass is 9.87. The molecule has 4 heterocycles. The van der Waals surface area contributed by atoms with E-state index in [1.54, 1.807) is 36.7 Å². The molecular weight excluding hydrogens is 433 g/mol. The van der Waals surface area contributed by atoms with Gasteiger partial charge in [0.15, 0.2) is 5.70 Å². The van der Waals surface area contributed by atoms with E-state index in [0.29, 0.717) is 37.6 Å². The van der Waals surface area contributed by atoms with Crippen molar-refractivity contribution in [3.05, 3.63) is 64.1 Å². The van der Waals surface area contributed by atoms with Gasteiger partial charge in [-0.05, 0) is 35.0 Å². The zero-order valence-electron chi connectivity index (χ0n) is 11.8. The normalized spacial score (nSPS) is 18.5. The fourth-order valence-electron chi connectivity index (χ4n) is 3.03. The van der Waals surface area contributed by atoms with Crippen molar-refractivity contribution in [2.75, 3.05) is 0 Å². The Morgan fingerprint density at radius 1 is 1.13 bits per heavy atom. The van der Waals surface area contributed by atoms with Crippen LogP contribution in [0.4, 0.5) is 8.63 Å². The number of hydrogen-bond donors (Lipinski definition) is 0. The maximum absolute atomic E-state index is 15.0. The summed E-state index contributed by atoms with van der Waals surface area (Å²) in [6, 6.07) is 3.30. The van der Waals surface area contributed by atoms with Crippen molar-refractivity contribution in [3.63, 3.8) is 0 Å². The SMILES string of the molecule is Cc1nccnc1C1=C2C=CC(Br)=[N+]2[B-](F)(F)n2c(Br)ccc21. The zero-order valence-corrected chi connectivity index (χ0v) is 15.0. The van der Waals surface area contributed by atoms with E-state index in [9.17, 15) is 0 Å². The molecule has 4 rings (SSSR count). The summed E-state index contributed by atoms with van der Waals surface area (Å²) in [6.07, 6.45) is 6.45. The Kier molecular flexibility index (Phi) is 3.21. The first-order chi connectivity index (χ1) is 10.9. The van der Waals surface area contributed by atoms with Gasteiger partial charge < -0.3 is 17.6 Å². The van der Waals surface area contributed by atoms with Gasteiger partial charge in [-0.25, -0.2) is 0 Å². The number of fused-ring (bicyclic) bond motifs is 2. The van der Waals surface area contributed by atoms with Gasteiger partial charge in [-0.3, -0.25) is 9.97 Å². The van der Waals surface area contributed by atoms with Gasteiger partial charge in [0.05, 0.1) is 21.6 Å². The maximum atomic E-state index is 15.0. The highest BCUT2D eigenvalue weighted by atomic mass is 79.9. The molecule has 0 spiro atoms. The van der Waals surface area contributed by atoms with Crippen LogP contribution >= 0.6 is 31.9 Å². The molecule has 0 amide bonds. The first kappa shape index (κ1) is 15.0. The van der Waals surface area contributed by atoms with Crippen molar-refractivity contribution < 1.29 is 13.1 Å². The molecule has 0 bridgehead atoms. The van der Waals surface area contributed by atoms with Crippen LogP contribution in [0.15, 0.2) is 47.0 Å². The van der Waals surface area contributed by atoms with Crippen LogP contribution < -0.4 is 0 Å². The second kappa shape index (κ2) is 4.94. The molecule has 0 saturated carbocycles. The number of rotatable bonds is 1. The Balaban J connectivity index is 2.15. The molecule has 0 N–H and O–H groups in total. The van der Waals surface area contributed by atoms with E-state index in [0.717, 1.165) is 8.96 Å². The van der Waals surface area contributed by atoms with Crippen LogP contribution in [0.5, 0.6) is 0 Å². The molecule has 0 aromatic carbocycles. The second-order valence-corrected chi connectivity index (χ2v) is 6.90. The van der Waals surface area contributed by atoms with E-state index < -0.39 is 6.97 Å². The molecule has 0 fully saturated rings. The Morgan fingerprint density at radius 3 is 2.61 bits per heavy atom. The fraction of sp³-hybridized carbons (Fsp3) is 0.0714. The Labute approximate surface area is 147 Å². The third-order valence-electron chi connectivity index (χ3n) is 3.99. The minimum atomic E-state index is -4.00. The molecule has 2 aromatic rings. The summed E-state index contributed by atoms with van der Waals surface area (Å²) < 4.78 is 32.8. The smallest absolute Gasteiger partial charge is 0.389 e. The lowest BCUT2D eigenvalue weighted by molar-refractivity contribution is -0.358. The monoisotopic (exact) mass is 440 g/mol.